The number of nitrogens with one attached hydrogen (secondary N) is 1. The summed E-state index contributed by atoms with van der Waals surface area (Å²) in [5.41, 5.74) is 0.975. The van der Waals surface area contributed by atoms with Crippen molar-refractivity contribution >= 4 is 17.3 Å². The third-order valence-corrected chi connectivity index (χ3v) is 2.68. The van der Waals surface area contributed by atoms with Gasteiger partial charge in [-0.3, -0.25) is 4.68 Å². The number of hydrogen-bond donors (Lipinski definition) is 1. The molecule has 0 saturated heterocycles. The lowest BCUT2D eigenvalue weighted by molar-refractivity contribution is 0.415. The van der Waals surface area contributed by atoms with E-state index in [1.165, 1.54) is 0 Å². The number of nitrogens with zero attached hydrogens (tertiary/aromatic N) is 2. The highest BCUT2D eigenvalue weighted by Crippen LogP contribution is 2.26. The second-order valence-electron chi connectivity index (χ2n) is 3.55. The standard InChI is InChI=1S/C12H14ClN3O/c1-17-12-4-3-10(9-11(12)13)14-6-8-16-7-2-5-15-16/h2-5,7,9,14H,6,8H2,1H3. The van der Waals surface area contributed by atoms with E-state index in [2.05, 4.69) is 10.4 Å². The molecule has 0 aliphatic heterocycles. The molecule has 0 bridgehead atoms. The Balaban J connectivity index is 1.89. The van der Waals surface area contributed by atoms with Crippen LogP contribution in [0, 0.1) is 0 Å². The lowest BCUT2D eigenvalue weighted by Crippen LogP contribution is -2.10. The van der Waals surface area contributed by atoms with Crippen LogP contribution in [0.1, 0.15) is 0 Å². The third kappa shape index (κ3) is 3.14. The summed E-state index contributed by atoms with van der Waals surface area (Å²) < 4.78 is 6.96. The second-order valence-corrected chi connectivity index (χ2v) is 3.95. The fraction of sp³-hybridized carbons (Fsp3) is 0.250. The highest BCUT2D eigenvalue weighted by molar-refractivity contribution is 6.32. The molecular formula is C12H14ClN3O. The first-order chi connectivity index (χ1) is 8.29. The van der Waals surface area contributed by atoms with Gasteiger partial charge >= 0.3 is 0 Å². The van der Waals surface area contributed by atoms with Crippen molar-refractivity contribution in [2.24, 2.45) is 0 Å². The van der Waals surface area contributed by atoms with Crippen molar-refractivity contribution in [1.82, 2.24) is 9.78 Å². The van der Waals surface area contributed by atoms with Gasteiger partial charge in [-0.15, -0.1) is 0 Å². The largest absolute Gasteiger partial charge is 0.495 e. The molecule has 0 aliphatic carbocycles. The minimum Gasteiger partial charge on any atom is -0.495 e. The molecule has 5 heteroatoms. The maximum Gasteiger partial charge on any atom is 0.137 e. The molecule has 4 nitrogen and oxygen atoms in total. The molecule has 0 fully saturated rings. The quantitative estimate of drug-likeness (QED) is 0.888. The van der Waals surface area contributed by atoms with E-state index in [0.29, 0.717) is 10.8 Å². The minimum atomic E-state index is 0.608. The minimum absolute atomic E-state index is 0.608. The maximum absolute atomic E-state index is 6.03. The molecule has 0 unspecified atom stereocenters. The molecule has 1 aromatic carbocycles. The van der Waals surface area contributed by atoms with Gasteiger partial charge in [0.15, 0.2) is 0 Å². The number of aromatic nitrogens is 2. The molecule has 1 N–H and O–H groups in total. The molecule has 17 heavy (non-hydrogen) atoms. The van der Waals surface area contributed by atoms with E-state index < -0.39 is 0 Å². The Morgan fingerprint density at radius 1 is 1.47 bits per heavy atom. The van der Waals surface area contributed by atoms with Gasteiger partial charge in [-0.05, 0) is 24.3 Å². The number of hydrogen-bond acceptors (Lipinski definition) is 3. The Kier molecular flexibility index (Phi) is 3.88. The number of halogens is 1. The summed E-state index contributed by atoms with van der Waals surface area (Å²) in [5.74, 6) is 0.685. The number of ether oxygens (including phenoxy) is 1. The van der Waals surface area contributed by atoms with Crippen molar-refractivity contribution in [3.63, 3.8) is 0 Å². The molecule has 2 aromatic rings. The Bertz CT molecular complexity index is 471. The van der Waals surface area contributed by atoms with Gasteiger partial charge in [-0.25, -0.2) is 0 Å². The zero-order valence-corrected chi connectivity index (χ0v) is 10.3. The van der Waals surface area contributed by atoms with Crippen LogP contribution in [-0.2, 0) is 6.54 Å². The molecule has 0 aliphatic rings. The summed E-state index contributed by atoms with van der Waals surface area (Å²) in [5, 5.41) is 8.01. The zero-order valence-electron chi connectivity index (χ0n) is 9.56. The summed E-state index contributed by atoms with van der Waals surface area (Å²) in [4.78, 5) is 0. The number of rotatable bonds is 5. The molecule has 1 heterocycles. The van der Waals surface area contributed by atoms with Gasteiger partial charge in [0.25, 0.3) is 0 Å². The average molecular weight is 252 g/mol. The molecule has 0 saturated carbocycles. The summed E-state index contributed by atoms with van der Waals surface area (Å²) in [6.07, 6.45) is 3.70. The van der Waals surface area contributed by atoms with Crippen molar-refractivity contribution in [2.75, 3.05) is 19.0 Å². The van der Waals surface area contributed by atoms with Crippen LogP contribution in [-0.4, -0.2) is 23.4 Å². The van der Waals surface area contributed by atoms with Gasteiger partial charge in [0.1, 0.15) is 5.75 Å². The Morgan fingerprint density at radius 3 is 3.00 bits per heavy atom. The van der Waals surface area contributed by atoms with Crippen LogP contribution in [0.15, 0.2) is 36.7 Å². The molecular weight excluding hydrogens is 238 g/mol. The van der Waals surface area contributed by atoms with Gasteiger partial charge in [0, 0.05) is 24.6 Å². The van der Waals surface area contributed by atoms with Crippen LogP contribution < -0.4 is 10.1 Å². The normalized spacial score (nSPS) is 10.2. The second kappa shape index (κ2) is 5.59. The Labute approximate surface area is 105 Å². The Hall–Kier alpha value is -1.68. The predicted octanol–water partition coefficient (Wildman–Crippen LogP) is 2.66. The third-order valence-electron chi connectivity index (χ3n) is 2.38. The van der Waals surface area contributed by atoms with Crippen LogP contribution in [0.25, 0.3) is 0 Å². The first kappa shape index (κ1) is 11.8. The van der Waals surface area contributed by atoms with Crippen molar-refractivity contribution in [3.8, 4) is 5.75 Å². The van der Waals surface area contributed by atoms with Gasteiger partial charge in [0.05, 0.1) is 18.7 Å². The highest BCUT2D eigenvalue weighted by atomic mass is 35.5. The smallest absolute Gasteiger partial charge is 0.137 e. The van der Waals surface area contributed by atoms with Crippen LogP contribution >= 0.6 is 11.6 Å². The van der Waals surface area contributed by atoms with Gasteiger partial charge < -0.3 is 10.1 Å². The molecule has 90 valence electrons. The number of methoxy groups -OCH3 is 1. The van der Waals surface area contributed by atoms with Crippen molar-refractivity contribution in [1.29, 1.82) is 0 Å². The van der Waals surface area contributed by atoms with E-state index in [0.717, 1.165) is 18.8 Å². The van der Waals surface area contributed by atoms with Crippen LogP contribution in [0.4, 0.5) is 5.69 Å². The van der Waals surface area contributed by atoms with Crippen LogP contribution in [0.2, 0.25) is 5.02 Å². The predicted molar refractivity (Wildman–Crippen MR) is 68.7 cm³/mol. The monoisotopic (exact) mass is 251 g/mol. The van der Waals surface area contributed by atoms with Gasteiger partial charge in [0.2, 0.25) is 0 Å². The van der Waals surface area contributed by atoms with E-state index >= 15 is 0 Å². The van der Waals surface area contributed by atoms with E-state index in [1.807, 2.05) is 35.1 Å². The number of benzene rings is 1. The molecule has 0 amide bonds. The van der Waals surface area contributed by atoms with Gasteiger partial charge in [-0.1, -0.05) is 11.6 Å². The SMILES string of the molecule is COc1ccc(NCCn2cccn2)cc1Cl. The molecule has 0 spiro atoms. The molecule has 0 radical (unpaired) electrons. The van der Waals surface area contributed by atoms with Gasteiger partial charge in [-0.2, -0.15) is 5.10 Å². The molecule has 0 atom stereocenters. The fourth-order valence-electron chi connectivity index (χ4n) is 1.52. The van der Waals surface area contributed by atoms with E-state index in [9.17, 15) is 0 Å². The van der Waals surface area contributed by atoms with Crippen LogP contribution in [0.3, 0.4) is 0 Å². The summed E-state index contributed by atoms with van der Waals surface area (Å²) >= 11 is 6.03. The maximum atomic E-state index is 6.03. The van der Waals surface area contributed by atoms with E-state index in [4.69, 9.17) is 16.3 Å². The first-order valence-corrected chi connectivity index (χ1v) is 5.72. The summed E-state index contributed by atoms with van der Waals surface area (Å²) in [6, 6.07) is 7.54. The summed E-state index contributed by atoms with van der Waals surface area (Å²) in [7, 11) is 1.60. The average Bonchev–Trinajstić information content (AvgIpc) is 2.82. The van der Waals surface area contributed by atoms with Crippen molar-refractivity contribution < 1.29 is 4.74 Å². The summed E-state index contributed by atoms with van der Waals surface area (Å²) in [6.45, 7) is 1.61. The lowest BCUT2D eigenvalue weighted by Gasteiger charge is -2.09. The Morgan fingerprint density at radius 2 is 2.35 bits per heavy atom. The van der Waals surface area contributed by atoms with Crippen molar-refractivity contribution in [2.45, 2.75) is 6.54 Å². The van der Waals surface area contributed by atoms with Crippen LogP contribution in [0.5, 0.6) is 5.75 Å². The topological polar surface area (TPSA) is 39.1 Å². The molecule has 2 rings (SSSR count). The van der Waals surface area contributed by atoms with E-state index in [-0.39, 0.29) is 0 Å². The lowest BCUT2D eigenvalue weighted by atomic mass is 10.3. The number of anilines is 1. The first-order valence-electron chi connectivity index (χ1n) is 5.34. The fourth-order valence-corrected chi connectivity index (χ4v) is 1.78. The molecule has 1 aromatic heterocycles. The zero-order chi connectivity index (χ0) is 12.1. The highest BCUT2D eigenvalue weighted by Gasteiger charge is 2.01. The van der Waals surface area contributed by atoms with Crippen molar-refractivity contribution in [3.05, 3.63) is 41.7 Å². The van der Waals surface area contributed by atoms with E-state index in [1.54, 1.807) is 13.3 Å².